The molecule has 1 unspecified atom stereocenters. The Bertz CT molecular complexity index is 1090. The normalized spacial score (nSPS) is 14.9. The molecule has 1 aliphatic carbocycles. The molecule has 1 aromatic heterocycles. The van der Waals surface area contributed by atoms with Crippen molar-refractivity contribution in [3.63, 3.8) is 0 Å². The van der Waals surface area contributed by atoms with Crippen LogP contribution in [0.4, 0.5) is 11.7 Å². The molecule has 1 fully saturated rings. The molecular formula is C34H57KN4O5. The van der Waals surface area contributed by atoms with Crippen LogP contribution in [0.3, 0.4) is 0 Å². The van der Waals surface area contributed by atoms with Crippen molar-refractivity contribution >= 4 is 29.0 Å². The van der Waals surface area contributed by atoms with Crippen molar-refractivity contribution in [1.82, 2.24) is 4.98 Å². The van der Waals surface area contributed by atoms with Crippen molar-refractivity contribution in [3.8, 4) is 0 Å². The summed E-state index contributed by atoms with van der Waals surface area (Å²) in [4.78, 5) is 19.6. The molecule has 0 bridgehead atoms. The fourth-order valence-electron chi connectivity index (χ4n) is 4.73. The summed E-state index contributed by atoms with van der Waals surface area (Å²) >= 11 is 0. The number of aromatic nitrogens is 1. The molecule has 2 aromatic rings. The topological polar surface area (TPSA) is 157 Å². The molecule has 0 saturated heterocycles. The molecule has 3 rings (SSSR count). The number of anilines is 2. The van der Waals surface area contributed by atoms with Gasteiger partial charge in [0.1, 0.15) is 6.26 Å². The van der Waals surface area contributed by atoms with E-state index >= 15 is 0 Å². The number of esters is 1. The van der Waals surface area contributed by atoms with Crippen molar-refractivity contribution in [3.05, 3.63) is 48.0 Å². The summed E-state index contributed by atoms with van der Waals surface area (Å²) in [5.74, 6) is 0.503. The molecule has 1 aromatic carbocycles. The molecule has 1 aliphatic rings. The van der Waals surface area contributed by atoms with Crippen molar-refractivity contribution in [2.45, 2.75) is 131 Å². The SMILES string of the molecule is CC.CCCC(=O)OC(C)C.CCCCC(=N/C=C(\C)c1ccc(Nc2ncco2)cc1C(C)(N)[O-])C1CCCCC1.O.[K+]. The number of aliphatic imine (C=N–C) groups is 1. The van der Waals surface area contributed by atoms with Crippen LogP contribution in [-0.2, 0) is 15.3 Å². The van der Waals surface area contributed by atoms with Crippen LogP contribution in [0, 0.1) is 5.92 Å². The van der Waals surface area contributed by atoms with Gasteiger partial charge in [0.25, 0.3) is 6.01 Å². The van der Waals surface area contributed by atoms with Gasteiger partial charge < -0.3 is 30.8 Å². The van der Waals surface area contributed by atoms with Gasteiger partial charge in [-0.25, -0.2) is 4.98 Å². The number of nitrogens with two attached hydrogens (primary N) is 1. The molecule has 44 heavy (non-hydrogen) atoms. The number of carbonyl (C=O) groups is 1. The zero-order valence-corrected chi connectivity index (χ0v) is 31.9. The molecule has 5 N–H and O–H groups in total. The van der Waals surface area contributed by atoms with E-state index in [1.807, 2.05) is 59.9 Å². The molecular weight excluding hydrogens is 583 g/mol. The number of rotatable bonds is 12. The van der Waals surface area contributed by atoms with Crippen LogP contribution >= 0.6 is 0 Å². The molecule has 1 heterocycles. The number of nitrogens with one attached hydrogen (secondary N) is 1. The van der Waals surface area contributed by atoms with E-state index in [1.54, 1.807) is 12.3 Å². The molecule has 10 heteroatoms. The fourth-order valence-corrected chi connectivity index (χ4v) is 4.73. The van der Waals surface area contributed by atoms with E-state index in [9.17, 15) is 9.90 Å². The standard InChI is InChI=1S/C25H35N4O2.C7H14O2.C2H6.K.H2O/c1-4-5-11-23(19-9-7-6-8-10-19)28-17-18(2)21-13-12-20(16-22(21)25(3,26)30)29-24-27-14-15-31-24;1-4-5-7(8)9-6(2)3;1-2;;/h12-17,19H,4-11,26H2,1-3H3,(H,27,29);6H,4-5H2,1-3H3;1-2H3;;1H2/q-1;;;+1;/b18-17+,28-23?;;;;. The second-order valence-electron chi connectivity index (χ2n) is 11.0. The number of benzene rings is 1. The molecule has 0 amide bonds. The van der Waals surface area contributed by atoms with Crippen LogP contribution in [0.5, 0.6) is 0 Å². The first-order valence-electron chi connectivity index (χ1n) is 15.8. The minimum atomic E-state index is -1.74. The number of allylic oxidation sites excluding steroid dienone is 1. The van der Waals surface area contributed by atoms with Crippen LogP contribution in [0.2, 0.25) is 0 Å². The van der Waals surface area contributed by atoms with Crippen LogP contribution in [-0.4, -0.2) is 28.2 Å². The van der Waals surface area contributed by atoms with Crippen LogP contribution in [0.1, 0.15) is 131 Å². The average Bonchev–Trinajstić information content (AvgIpc) is 3.47. The number of nitrogens with zero attached hydrogens (tertiary/aromatic N) is 2. The number of unbranched alkanes of at least 4 members (excludes halogenated alkanes) is 1. The Morgan fingerprint density at radius 3 is 2.39 bits per heavy atom. The van der Waals surface area contributed by atoms with Crippen molar-refractivity contribution in [2.24, 2.45) is 16.6 Å². The number of hydrogen-bond donors (Lipinski definition) is 2. The summed E-state index contributed by atoms with van der Waals surface area (Å²) in [5, 5.41) is 15.8. The maximum Gasteiger partial charge on any atom is 1.00 e. The van der Waals surface area contributed by atoms with E-state index in [2.05, 4.69) is 17.2 Å². The Labute approximate surface area is 308 Å². The minimum absolute atomic E-state index is 0. The Hall–Kier alpha value is -1.37. The third kappa shape index (κ3) is 17.4. The first-order chi connectivity index (χ1) is 20.0. The van der Waals surface area contributed by atoms with Crippen LogP contribution in [0.15, 0.2) is 46.3 Å². The summed E-state index contributed by atoms with van der Waals surface area (Å²) in [6.07, 6.45) is 16.2. The van der Waals surface area contributed by atoms with E-state index in [-0.39, 0.29) is 68.9 Å². The molecule has 1 atom stereocenters. The smallest absolute Gasteiger partial charge is 0.835 e. The Morgan fingerprint density at radius 2 is 1.86 bits per heavy atom. The van der Waals surface area contributed by atoms with E-state index < -0.39 is 5.72 Å². The fraction of sp³-hybridized carbons (Fsp3) is 0.618. The van der Waals surface area contributed by atoms with Gasteiger partial charge in [0, 0.05) is 24.0 Å². The first kappa shape index (κ1) is 44.8. The minimum Gasteiger partial charge on any atom is -0.835 e. The summed E-state index contributed by atoms with van der Waals surface area (Å²) in [6, 6.07) is 5.95. The largest absolute Gasteiger partial charge is 1.00 e. The molecule has 0 radical (unpaired) electrons. The van der Waals surface area contributed by atoms with E-state index in [0.29, 0.717) is 29.6 Å². The number of ether oxygens (including phenoxy) is 1. The molecule has 0 spiro atoms. The Kier molecular flexibility index (Phi) is 25.2. The monoisotopic (exact) mass is 640 g/mol. The van der Waals surface area contributed by atoms with Crippen molar-refractivity contribution in [2.75, 3.05) is 5.32 Å². The van der Waals surface area contributed by atoms with Crippen molar-refractivity contribution in [1.29, 1.82) is 0 Å². The van der Waals surface area contributed by atoms with Crippen LogP contribution < -0.4 is 67.5 Å². The zero-order chi connectivity index (χ0) is 31.5. The van der Waals surface area contributed by atoms with Crippen LogP contribution in [0.25, 0.3) is 5.57 Å². The van der Waals surface area contributed by atoms with E-state index in [1.165, 1.54) is 57.4 Å². The van der Waals surface area contributed by atoms with E-state index in [4.69, 9.17) is 19.9 Å². The number of oxazole rings is 1. The number of hydrogen-bond acceptors (Lipinski definition) is 8. The molecule has 9 nitrogen and oxygen atoms in total. The summed E-state index contributed by atoms with van der Waals surface area (Å²) in [7, 11) is 0. The third-order valence-corrected chi connectivity index (χ3v) is 6.77. The summed E-state index contributed by atoms with van der Waals surface area (Å²) < 4.78 is 10.1. The Balaban J connectivity index is 0. The van der Waals surface area contributed by atoms with Gasteiger partial charge in [-0.05, 0) is 93.4 Å². The van der Waals surface area contributed by atoms with Gasteiger partial charge in [-0.15, -0.1) is 0 Å². The first-order valence-corrected chi connectivity index (χ1v) is 15.8. The van der Waals surface area contributed by atoms with Gasteiger partial charge in [0.05, 0.1) is 12.3 Å². The summed E-state index contributed by atoms with van der Waals surface area (Å²) in [5.41, 5.74) is 8.54. The van der Waals surface area contributed by atoms with Gasteiger partial charge in [-0.1, -0.05) is 66.4 Å². The summed E-state index contributed by atoms with van der Waals surface area (Å²) in [6.45, 7) is 15.4. The maximum absolute atomic E-state index is 12.8. The second-order valence-corrected chi connectivity index (χ2v) is 11.0. The van der Waals surface area contributed by atoms with Gasteiger partial charge in [0.15, 0.2) is 0 Å². The van der Waals surface area contributed by atoms with Gasteiger partial charge in [-0.3, -0.25) is 9.79 Å². The van der Waals surface area contributed by atoms with Crippen molar-refractivity contribution < 1.29 is 75.9 Å². The molecule has 0 aliphatic heterocycles. The third-order valence-electron chi connectivity index (χ3n) is 6.77. The second kappa shape index (κ2) is 24.8. The zero-order valence-electron chi connectivity index (χ0n) is 28.8. The molecule has 1 saturated carbocycles. The molecule has 244 valence electrons. The predicted octanol–water partition coefficient (Wildman–Crippen LogP) is 4.43. The van der Waals surface area contributed by atoms with Gasteiger partial charge >= 0.3 is 57.4 Å². The quantitative estimate of drug-likeness (QED) is 0.150. The Morgan fingerprint density at radius 1 is 1.20 bits per heavy atom. The maximum atomic E-state index is 12.8. The predicted molar refractivity (Wildman–Crippen MR) is 176 cm³/mol. The van der Waals surface area contributed by atoms with E-state index in [0.717, 1.165) is 30.4 Å². The van der Waals surface area contributed by atoms with Gasteiger partial charge in [0.2, 0.25) is 0 Å². The van der Waals surface area contributed by atoms with Gasteiger partial charge in [-0.2, -0.15) is 0 Å². The number of carbonyl (C=O) groups excluding carboxylic acids is 1. The average molecular weight is 641 g/mol.